The van der Waals surface area contributed by atoms with Crippen LogP contribution in [0.3, 0.4) is 0 Å². The molecule has 9 heteroatoms. The minimum atomic E-state index is -2.11. The number of rotatable bonds is 12. The molecule has 0 aromatic carbocycles. The SMILES string of the molecule is CC(C)(C)[Si](C)(C)OC(=O)COCCOCCOCC(=O)O[Si](C)(C)C(C)(C)C. The zero-order chi connectivity index (χ0) is 22.9. The van der Waals surface area contributed by atoms with E-state index in [0.29, 0.717) is 26.4 Å². The molecular weight excluding hydrogens is 408 g/mol. The zero-order valence-corrected chi connectivity index (χ0v) is 22.1. The monoisotopic (exact) mass is 450 g/mol. The van der Waals surface area contributed by atoms with Gasteiger partial charge in [0.05, 0.1) is 26.4 Å². The van der Waals surface area contributed by atoms with Crippen LogP contribution in [0.4, 0.5) is 0 Å². The van der Waals surface area contributed by atoms with Gasteiger partial charge in [-0.2, -0.15) is 0 Å². The van der Waals surface area contributed by atoms with Crippen LogP contribution in [0.5, 0.6) is 0 Å². The summed E-state index contributed by atoms with van der Waals surface area (Å²) in [6, 6.07) is 0. The first-order valence-electron chi connectivity index (χ1n) is 10.2. The van der Waals surface area contributed by atoms with E-state index in [9.17, 15) is 9.59 Å². The van der Waals surface area contributed by atoms with E-state index < -0.39 is 16.6 Å². The average Bonchev–Trinajstić information content (AvgIpc) is 2.50. The average molecular weight is 451 g/mol. The third kappa shape index (κ3) is 11.3. The van der Waals surface area contributed by atoms with E-state index in [1.165, 1.54) is 0 Å². The fraction of sp³-hybridized carbons (Fsp3) is 0.900. The molecular formula is C20H42O7Si2. The van der Waals surface area contributed by atoms with Crippen molar-refractivity contribution in [2.75, 3.05) is 39.6 Å². The van der Waals surface area contributed by atoms with Crippen molar-refractivity contribution in [3.8, 4) is 0 Å². The molecule has 29 heavy (non-hydrogen) atoms. The number of hydrogen-bond donors (Lipinski definition) is 0. The van der Waals surface area contributed by atoms with Gasteiger partial charge in [0.2, 0.25) is 0 Å². The Morgan fingerprint density at radius 3 is 1.14 bits per heavy atom. The molecule has 0 aromatic rings. The Balaban J connectivity index is 3.77. The quantitative estimate of drug-likeness (QED) is 0.326. The Morgan fingerprint density at radius 2 is 0.862 bits per heavy atom. The van der Waals surface area contributed by atoms with Crippen LogP contribution in [0, 0.1) is 0 Å². The van der Waals surface area contributed by atoms with E-state index in [0.717, 1.165) is 0 Å². The van der Waals surface area contributed by atoms with Gasteiger partial charge in [0.15, 0.2) is 0 Å². The Labute approximate surface area is 179 Å². The lowest BCUT2D eigenvalue weighted by Gasteiger charge is -2.35. The Hall–Kier alpha value is -0.746. The van der Waals surface area contributed by atoms with Gasteiger partial charge in [-0.15, -0.1) is 0 Å². The van der Waals surface area contributed by atoms with Crippen molar-refractivity contribution >= 4 is 28.6 Å². The van der Waals surface area contributed by atoms with Gasteiger partial charge >= 0.3 is 11.9 Å². The maximum Gasteiger partial charge on any atom is 0.318 e. The maximum atomic E-state index is 11.9. The molecule has 0 aliphatic heterocycles. The van der Waals surface area contributed by atoms with Crippen molar-refractivity contribution in [3.05, 3.63) is 0 Å². The van der Waals surface area contributed by atoms with Gasteiger partial charge in [0.1, 0.15) is 13.2 Å². The number of ether oxygens (including phenoxy) is 3. The highest BCUT2D eigenvalue weighted by atomic mass is 28.4. The molecule has 0 aliphatic rings. The molecule has 0 saturated heterocycles. The van der Waals surface area contributed by atoms with Crippen LogP contribution in [0.15, 0.2) is 0 Å². The summed E-state index contributed by atoms with van der Waals surface area (Å²) in [7, 11) is -4.21. The molecule has 0 aromatic heterocycles. The number of hydrogen-bond acceptors (Lipinski definition) is 7. The molecule has 0 heterocycles. The first-order chi connectivity index (χ1) is 13.0. The maximum absolute atomic E-state index is 11.9. The van der Waals surface area contributed by atoms with Crippen LogP contribution in [0.1, 0.15) is 41.5 Å². The highest BCUT2D eigenvalue weighted by molar-refractivity contribution is 6.75. The minimum absolute atomic E-state index is 0.0249. The van der Waals surface area contributed by atoms with Gasteiger partial charge in [-0.3, -0.25) is 9.59 Å². The smallest absolute Gasteiger partial charge is 0.318 e. The van der Waals surface area contributed by atoms with E-state index in [4.69, 9.17) is 23.1 Å². The largest absolute Gasteiger partial charge is 0.517 e. The van der Waals surface area contributed by atoms with Crippen molar-refractivity contribution in [2.24, 2.45) is 0 Å². The zero-order valence-electron chi connectivity index (χ0n) is 20.1. The van der Waals surface area contributed by atoms with E-state index in [1.807, 2.05) is 26.2 Å². The fourth-order valence-corrected chi connectivity index (χ4v) is 3.45. The first kappa shape index (κ1) is 28.3. The summed E-state index contributed by atoms with van der Waals surface area (Å²) in [4.78, 5) is 23.8. The molecule has 0 amide bonds. The van der Waals surface area contributed by atoms with E-state index >= 15 is 0 Å². The highest BCUT2D eigenvalue weighted by Gasteiger charge is 2.41. The molecule has 0 aliphatic carbocycles. The summed E-state index contributed by atoms with van der Waals surface area (Å²) < 4.78 is 27.2. The van der Waals surface area contributed by atoms with Crippen LogP contribution in [-0.2, 0) is 32.7 Å². The topological polar surface area (TPSA) is 80.3 Å². The normalized spacial score (nSPS) is 13.3. The standard InChI is InChI=1S/C20H42O7Si2/c1-19(2,3)28(7,8)26-17(21)15-24-13-11-23-12-14-25-16-18(22)27-29(9,10)20(4,5)6/h11-16H2,1-10H3. The molecule has 7 nitrogen and oxygen atoms in total. The van der Waals surface area contributed by atoms with Gasteiger partial charge in [-0.05, 0) is 36.3 Å². The third-order valence-electron chi connectivity index (χ3n) is 5.53. The van der Waals surface area contributed by atoms with E-state index in [-0.39, 0.29) is 35.2 Å². The summed E-state index contributed by atoms with van der Waals surface area (Å²) >= 11 is 0. The Kier molecular flexibility index (Phi) is 11.3. The van der Waals surface area contributed by atoms with Crippen molar-refractivity contribution in [3.63, 3.8) is 0 Å². The van der Waals surface area contributed by atoms with Crippen LogP contribution >= 0.6 is 0 Å². The van der Waals surface area contributed by atoms with Crippen molar-refractivity contribution < 1.29 is 32.7 Å². The summed E-state index contributed by atoms with van der Waals surface area (Å²) in [6.07, 6.45) is 0. The lowest BCUT2D eigenvalue weighted by Crippen LogP contribution is -2.43. The molecule has 0 N–H and O–H groups in total. The molecule has 172 valence electrons. The van der Waals surface area contributed by atoms with Gasteiger partial charge in [-0.25, -0.2) is 0 Å². The molecule has 0 radical (unpaired) electrons. The van der Waals surface area contributed by atoms with Gasteiger partial charge in [0, 0.05) is 0 Å². The molecule has 0 bridgehead atoms. The molecule has 0 fully saturated rings. The number of carbonyl (C=O) groups excluding carboxylic acids is 2. The number of carbonyl (C=O) groups is 2. The predicted octanol–water partition coefficient (Wildman–Crippen LogP) is 4.13. The van der Waals surface area contributed by atoms with Gasteiger partial charge in [0.25, 0.3) is 16.6 Å². The third-order valence-corrected chi connectivity index (χ3v) is 14.2. The lowest BCUT2D eigenvalue weighted by molar-refractivity contribution is -0.141. The summed E-state index contributed by atoms with van der Waals surface area (Å²) in [5.41, 5.74) is 0. The van der Waals surface area contributed by atoms with Crippen LogP contribution < -0.4 is 0 Å². The highest BCUT2D eigenvalue weighted by Crippen LogP contribution is 2.37. The van der Waals surface area contributed by atoms with Crippen LogP contribution in [0.25, 0.3) is 0 Å². The molecule has 0 rings (SSSR count). The Morgan fingerprint density at radius 1 is 0.586 bits per heavy atom. The van der Waals surface area contributed by atoms with Crippen LogP contribution in [-0.4, -0.2) is 68.2 Å². The molecule has 0 atom stereocenters. The lowest BCUT2D eigenvalue weighted by atomic mass is 10.2. The Bertz CT molecular complexity index is 474. The molecule has 0 unspecified atom stereocenters. The van der Waals surface area contributed by atoms with E-state index in [2.05, 4.69) is 41.5 Å². The first-order valence-corrected chi connectivity index (χ1v) is 16.0. The van der Waals surface area contributed by atoms with Crippen molar-refractivity contribution in [1.82, 2.24) is 0 Å². The second kappa shape index (κ2) is 11.6. The van der Waals surface area contributed by atoms with Crippen molar-refractivity contribution in [2.45, 2.75) is 77.8 Å². The van der Waals surface area contributed by atoms with Gasteiger partial charge < -0.3 is 23.1 Å². The van der Waals surface area contributed by atoms with Crippen molar-refractivity contribution in [1.29, 1.82) is 0 Å². The second-order valence-corrected chi connectivity index (χ2v) is 19.6. The molecule has 0 saturated carbocycles. The van der Waals surface area contributed by atoms with E-state index in [1.54, 1.807) is 0 Å². The van der Waals surface area contributed by atoms with Gasteiger partial charge in [-0.1, -0.05) is 41.5 Å². The van der Waals surface area contributed by atoms with Crippen LogP contribution in [0.2, 0.25) is 36.3 Å². The summed E-state index contributed by atoms with van der Waals surface area (Å²) in [5.74, 6) is -0.666. The second-order valence-electron chi connectivity index (χ2n) is 10.2. The molecule has 0 spiro atoms. The summed E-state index contributed by atoms with van der Waals surface area (Å²) in [6.45, 7) is 21.7. The predicted molar refractivity (Wildman–Crippen MR) is 119 cm³/mol. The fourth-order valence-electron chi connectivity index (χ4n) is 1.58. The summed E-state index contributed by atoms with van der Waals surface area (Å²) in [5, 5.41) is -0.0498. The minimum Gasteiger partial charge on any atom is -0.517 e.